The van der Waals surface area contributed by atoms with E-state index in [1.54, 1.807) is 0 Å². The molecular weight excluding hydrogens is 356 g/mol. The number of hydrogen-bond acceptors (Lipinski definition) is 4. The fourth-order valence-corrected chi connectivity index (χ4v) is 2.41. The fraction of sp³-hybridized carbons (Fsp3) is 0.409. The highest BCUT2D eigenvalue weighted by molar-refractivity contribution is 5.68. The molecule has 0 aliphatic heterocycles. The van der Waals surface area contributed by atoms with Gasteiger partial charge in [0, 0.05) is 24.3 Å². The van der Waals surface area contributed by atoms with Gasteiger partial charge in [0.1, 0.15) is 6.42 Å². The predicted molar refractivity (Wildman–Crippen MR) is 104 cm³/mol. The van der Waals surface area contributed by atoms with E-state index in [2.05, 4.69) is 6.58 Å². The molecule has 0 saturated carbocycles. The van der Waals surface area contributed by atoms with Crippen LogP contribution in [0.25, 0.3) is 0 Å². The van der Waals surface area contributed by atoms with Crippen molar-refractivity contribution in [2.75, 3.05) is 13.2 Å². The minimum atomic E-state index is -0.186. The molecule has 28 heavy (non-hydrogen) atoms. The van der Waals surface area contributed by atoms with Gasteiger partial charge in [0.25, 0.3) is 0 Å². The number of allylic oxidation sites excluding steroid dienone is 1. The van der Waals surface area contributed by atoms with Crippen molar-refractivity contribution in [1.29, 1.82) is 0 Å². The van der Waals surface area contributed by atoms with Crippen LogP contribution in [0, 0.1) is 13.8 Å². The van der Waals surface area contributed by atoms with Gasteiger partial charge in [-0.2, -0.15) is 9.45 Å². The summed E-state index contributed by atoms with van der Waals surface area (Å²) < 4.78 is 9.17. The van der Waals surface area contributed by atoms with E-state index >= 15 is 0 Å². The third-order valence-corrected chi connectivity index (χ3v) is 4.11. The molecule has 0 saturated heterocycles. The molecule has 0 aliphatic carbocycles. The van der Waals surface area contributed by atoms with Crippen LogP contribution in [0.15, 0.2) is 61.4 Å². The first-order chi connectivity index (χ1) is 13.5. The van der Waals surface area contributed by atoms with Gasteiger partial charge in [-0.15, -0.1) is 0 Å². The summed E-state index contributed by atoms with van der Waals surface area (Å²) in [5.41, 5.74) is 2.40. The van der Waals surface area contributed by atoms with Gasteiger partial charge in [0.15, 0.2) is 37.1 Å². The first-order valence-corrected chi connectivity index (χ1v) is 9.57. The van der Waals surface area contributed by atoms with Crippen molar-refractivity contribution >= 4 is 5.97 Å². The summed E-state index contributed by atoms with van der Waals surface area (Å²) >= 11 is 0. The van der Waals surface area contributed by atoms with E-state index in [0.29, 0.717) is 38.5 Å². The summed E-state index contributed by atoms with van der Waals surface area (Å²) in [7, 11) is 0. The zero-order valence-corrected chi connectivity index (χ0v) is 16.8. The average Bonchev–Trinajstić information content (AvgIpc) is 2.68. The molecule has 150 valence electrons. The van der Waals surface area contributed by atoms with Crippen LogP contribution in [0.3, 0.4) is 0 Å². The third kappa shape index (κ3) is 8.77. The number of rotatable bonds is 12. The van der Waals surface area contributed by atoms with Gasteiger partial charge in [-0.25, -0.2) is 4.57 Å². The van der Waals surface area contributed by atoms with Gasteiger partial charge in [-0.1, -0.05) is 6.58 Å². The van der Waals surface area contributed by atoms with Crippen LogP contribution >= 0.6 is 0 Å². The summed E-state index contributed by atoms with van der Waals surface area (Å²) in [5.74, 6) is 0.350. The second-order valence-corrected chi connectivity index (χ2v) is 6.78. The molecule has 0 spiro atoms. The van der Waals surface area contributed by atoms with Crippen molar-refractivity contribution in [3.8, 4) is 0 Å². The standard InChI is InChI=1S/C22H30N2O4/c1-19-6-11-23(12-7-19)15-10-22(25)26-16-4-5-17-27-28-21(3)18-24-13-8-20(2)9-14-24/h6-9,11-14H,3-5,10,15-18H2,1-2H3/q+2. The SMILES string of the molecule is C=C(C[n+]1ccc(C)cc1)OOCCCCOC(=O)CC[n+]1ccc(C)cc1. The van der Waals surface area contributed by atoms with Gasteiger partial charge >= 0.3 is 5.97 Å². The van der Waals surface area contributed by atoms with Gasteiger partial charge in [-0.3, -0.25) is 4.79 Å². The minimum absolute atomic E-state index is 0.186. The number of aryl methyl sites for hydroxylation is 3. The molecule has 6 nitrogen and oxygen atoms in total. The van der Waals surface area contributed by atoms with E-state index in [-0.39, 0.29) is 5.97 Å². The molecule has 0 aliphatic rings. The smallest absolute Gasteiger partial charge is 0.312 e. The fourth-order valence-electron chi connectivity index (χ4n) is 2.41. The number of pyridine rings is 2. The minimum Gasteiger partial charge on any atom is -0.465 e. The van der Waals surface area contributed by atoms with Crippen molar-refractivity contribution in [3.05, 3.63) is 72.5 Å². The average molecular weight is 386 g/mol. The quantitative estimate of drug-likeness (QED) is 0.141. The Kier molecular flexibility index (Phi) is 9.15. The zero-order chi connectivity index (χ0) is 20.2. The zero-order valence-electron chi connectivity index (χ0n) is 16.8. The first kappa shape index (κ1) is 21.6. The highest BCUT2D eigenvalue weighted by Gasteiger charge is 2.08. The molecule has 0 N–H and O–H groups in total. The number of ether oxygens (including phenoxy) is 1. The van der Waals surface area contributed by atoms with Gasteiger partial charge in [0.2, 0.25) is 6.54 Å². The molecule has 0 aromatic carbocycles. The third-order valence-electron chi connectivity index (χ3n) is 4.11. The second kappa shape index (κ2) is 11.9. The van der Waals surface area contributed by atoms with Crippen LogP contribution in [0.4, 0.5) is 0 Å². The topological polar surface area (TPSA) is 52.5 Å². The van der Waals surface area contributed by atoms with E-state index in [9.17, 15) is 4.79 Å². The number of unbranched alkanes of at least 4 members (excludes halogenated alkanes) is 1. The largest absolute Gasteiger partial charge is 0.465 e. The number of carbonyl (C=O) groups is 1. The maximum atomic E-state index is 11.8. The molecule has 2 heterocycles. The van der Waals surface area contributed by atoms with E-state index < -0.39 is 0 Å². The molecule has 2 aromatic heterocycles. The van der Waals surface area contributed by atoms with Gasteiger partial charge < -0.3 is 9.62 Å². The monoisotopic (exact) mass is 386 g/mol. The Hall–Kier alpha value is -2.73. The Balaban J connectivity index is 1.46. The van der Waals surface area contributed by atoms with Crippen molar-refractivity contribution in [1.82, 2.24) is 0 Å². The van der Waals surface area contributed by atoms with Crippen LogP contribution in [-0.4, -0.2) is 19.2 Å². The summed E-state index contributed by atoms with van der Waals surface area (Å²) in [6, 6.07) is 8.08. The maximum Gasteiger partial charge on any atom is 0.312 e. The van der Waals surface area contributed by atoms with E-state index in [1.165, 1.54) is 11.1 Å². The second-order valence-electron chi connectivity index (χ2n) is 6.78. The van der Waals surface area contributed by atoms with Crippen LogP contribution in [0.5, 0.6) is 0 Å². The van der Waals surface area contributed by atoms with Gasteiger partial charge in [-0.05, 0) is 37.8 Å². The molecule has 0 unspecified atom stereocenters. The van der Waals surface area contributed by atoms with Crippen LogP contribution < -0.4 is 9.13 Å². The van der Waals surface area contributed by atoms with Crippen molar-refractivity contribution in [2.24, 2.45) is 0 Å². The lowest BCUT2D eigenvalue weighted by molar-refractivity contribution is -0.696. The predicted octanol–water partition coefficient (Wildman–Crippen LogP) is 2.75. The highest BCUT2D eigenvalue weighted by Crippen LogP contribution is 2.00. The lowest BCUT2D eigenvalue weighted by Gasteiger charge is -2.06. The Labute approximate surface area is 166 Å². The number of nitrogens with zero attached hydrogens (tertiary/aromatic N) is 2. The van der Waals surface area contributed by atoms with Crippen molar-refractivity contribution in [2.45, 2.75) is 46.2 Å². The summed E-state index contributed by atoms with van der Waals surface area (Å²) in [4.78, 5) is 22.1. The number of aromatic nitrogens is 2. The van der Waals surface area contributed by atoms with Crippen molar-refractivity contribution < 1.29 is 28.4 Å². The van der Waals surface area contributed by atoms with Crippen LogP contribution in [0.1, 0.15) is 30.4 Å². The molecule has 0 fully saturated rings. The Bertz CT molecular complexity index is 742. The Morgan fingerprint density at radius 2 is 1.50 bits per heavy atom. The molecule has 0 amide bonds. The highest BCUT2D eigenvalue weighted by atomic mass is 17.2. The lowest BCUT2D eigenvalue weighted by Crippen LogP contribution is -2.34. The van der Waals surface area contributed by atoms with Crippen molar-refractivity contribution in [3.63, 3.8) is 0 Å². The summed E-state index contributed by atoms with van der Waals surface area (Å²) in [6.07, 6.45) is 9.70. The van der Waals surface area contributed by atoms with Gasteiger partial charge in [0.05, 0.1) is 13.2 Å². The number of hydrogen-bond donors (Lipinski definition) is 0. The van der Waals surface area contributed by atoms with E-state index in [4.69, 9.17) is 14.5 Å². The van der Waals surface area contributed by atoms with E-state index in [0.717, 1.165) is 12.8 Å². The molecule has 0 bridgehead atoms. The summed E-state index contributed by atoms with van der Waals surface area (Å²) in [5, 5.41) is 0. The molecule has 6 heteroatoms. The van der Waals surface area contributed by atoms with E-state index in [1.807, 2.05) is 72.0 Å². The normalized spacial score (nSPS) is 10.5. The molecule has 2 rings (SSSR count). The molecule has 2 aromatic rings. The molecule has 0 radical (unpaired) electrons. The lowest BCUT2D eigenvalue weighted by atomic mass is 10.3. The number of esters is 1. The Morgan fingerprint density at radius 3 is 2.14 bits per heavy atom. The van der Waals surface area contributed by atoms with Crippen LogP contribution in [0.2, 0.25) is 0 Å². The maximum absolute atomic E-state index is 11.8. The first-order valence-electron chi connectivity index (χ1n) is 9.57. The molecule has 0 atom stereocenters. The summed E-state index contributed by atoms with van der Waals surface area (Å²) in [6.45, 7) is 9.89. The number of carbonyl (C=O) groups excluding carboxylic acids is 1. The van der Waals surface area contributed by atoms with Crippen LogP contribution in [-0.2, 0) is 32.4 Å². The molecular formula is C22H30N2O4+2. The Morgan fingerprint density at radius 1 is 0.929 bits per heavy atom.